The Morgan fingerprint density at radius 3 is 2.33 bits per heavy atom. The number of nitrogens with one attached hydrogen (secondary N) is 1. The van der Waals surface area contributed by atoms with Crippen molar-refractivity contribution < 1.29 is 24.2 Å². The Hall–Kier alpha value is -1.91. The van der Waals surface area contributed by atoms with Gasteiger partial charge in [0.15, 0.2) is 0 Å². The Balaban J connectivity index is 2.51. The highest BCUT2D eigenvalue weighted by Gasteiger charge is 2.42. The Morgan fingerprint density at radius 2 is 1.81 bits per heavy atom. The Morgan fingerprint density at radius 1 is 1.19 bits per heavy atom. The van der Waals surface area contributed by atoms with E-state index in [0.29, 0.717) is 10.9 Å². The molecule has 0 fully saturated rings. The van der Waals surface area contributed by atoms with Gasteiger partial charge < -0.3 is 15.0 Å². The fourth-order valence-electron chi connectivity index (χ4n) is 1.86. The lowest BCUT2D eigenvalue weighted by atomic mass is 10.2. The van der Waals surface area contributed by atoms with Crippen LogP contribution in [0.15, 0.2) is 24.3 Å². The van der Waals surface area contributed by atoms with Gasteiger partial charge in [-0.15, -0.1) is 0 Å². The van der Waals surface area contributed by atoms with E-state index in [4.69, 9.17) is 5.11 Å². The molecule has 0 saturated carbocycles. The van der Waals surface area contributed by atoms with Crippen molar-refractivity contribution in [2.75, 3.05) is 0 Å². The summed E-state index contributed by atoms with van der Waals surface area (Å²) in [6.07, 6.45) is 0. The molecule has 0 bridgehead atoms. The largest absolute Gasteiger partial charge is 0.477 e. The Bertz CT molecular complexity index is 784. The third kappa shape index (κ3) is 2.64. The van der Waals surface area contributed by atoms with Crippen molar-refractivity contribution in [2.45, 2.75) is 25.9 Å². The van der Waals surface area contributed by atoms with E-state index in [9.17, 15) is 19.0 Å². The summed E-state index contributed by atoms with van der Waals surface area (Å²) in [5.74, 6) is -1.11. The predicted octanol–water partition coefficient (Wildman–Crippen LogP) is 3.08. The van der Waals surface area contributed by atoms with Gasteiger partial charge in [0.05, 0.1) is 0 Å². The van der Waals surface area contributed by atoms with Crippen LogP contribution in [0.25, 0.3) is 10.9 Å². The van der Waals surface area contributed by atoms with Crippen LogP contribution in [0, 0.1) is 0 Å². The molecule has 0 saturated heterocycles. The lowest BCUT2D eigenvalue weighted by Crippen LogP contribution is -2.20. The molecule has 0 aliphatic carbocycles. The molecular formula is C14H16NO5P. The zero-order chi connectivity index (χ0) is 16.0. The van der Waals surface area contributed by atoms with E-state index in [0.717, 1.165) is 0 Å². The number of aromatic nitrogens is 1. The fourth-order valence-corrected chi connectivity index (χ4v) is 2.96. The molecule has 0 amide bonds. The summed E-state index contributed by atoms with van der Waals surface area (Å²) in [5.41, 5.74) is -0.181. The summed E-state index contributed by atoms with van der Waals surface area (Å²) in [5, 5.41) is 8.37. The van der Waals surface area contributed by atoms with E-state index >= 15 is 0 Å². The van der Waals surface area contributed by atoms with Gasteiger partial charge in [0.1, 0.15) is 5.69 Å². The average molecular weight is 309 g/mol. The highest BCUT2D eigenvalue weighted by molar-refractivity contribution is 7.77. The molecule has 0 radical (unpaired) electrons. The van der Waals surface area contributed by atoms with Crippen LogP contribution in [0.4, 0.5) is 0 Å². The van der Waals surface area contributed by atoms with Crippen molar-refractivity contribution in [3.8, 4) is 0 Å². The molecular weight excluding hydrogens is 293 g/mol. The highest BCUT2D eigenvalue weighted by atomic mass is 31.2. The maximum Gasteiger partial charge on any atom is 0.352 e. The molecule has 7 heteroatoms. The van der Waals surface area contributed by atoms with E-state index in [2.05, 4.69) is 4.98 Å². The first-order valence-corrected chi connectivity index (χ1v) is 7.94. The van der Waals surface area contributed by atoms with Crippen molar-refractivity contribution in [1.82, 2.24) is 4.98 Å². The molecule has 2 rings (SSSR count). The van der Waals surface area contributed by atoms with E-state index in [1.54, 1.807) is 0 Å². The molecule has 0 aliphatic rings. The standard InChI is InChI=1S/C14H16NO5P/c1-14(2,3)21(19,20)13(18)8-4-5-10-9(6-8)7-11(15-10)12(16)17/h4-7,15H,1-3H3,(H,16,17)(H,19,20). The van der Waals surface area contributed by atoms with Crippen LogP contribution >= 0.6 is 7.37 Å². The molecule has 1 unspecified atom stereocenters. The topological polar surface area (TPSA) is 107 Å². The van der Waals surface area contributed by atoms with Crippen molar-refractivity contribution >= 4 is 29.8 Å². The summed E-state index contributed by atoms with van der Waals surface area (Å²) in [4.78, 5) is 35.9. The second-order valence-corrected chi connectivity index (χ2v) is 8.74. The van der Waals surface area contributed by atoms with Crippen molar-refractivity contribution in [3.63, 3.8) is 0 Å². The molecule has 6 nitrogen and oxygen atoms in total. The second kappa shape index (κ2) is 4.83. The Labute approximate surface area is 121 Å². The molecule has 2 aromatic rings. The number of carbonyl (C=O) groups is 2. The van der Waals surface area contributed by atoms with Gasteiger partial charge in [0.2, 0.25) is 5.52 Å². The van der Waals surface area contributed by atoms with Crippen LogP contribution in [0.5, 0.6) is 0 Å². The maximum atomic E-state index is 12.3. The minimum atomic E-state index is -4.04. The summed E-state index contributed by atoms with van der Waals surface area (Å²) in [6.45, 7) is 4.59. The monoisotopic (exact) mass is 309 g/mol. The minimum Gasteiger partial charge on any atom is -0.477 e. The quantitative estimate of drug-likeness (QED) is 0.755. The molecule has 112 valence electrons. The molecule has 0 spiro atoms. The highest BCUT2D eigenvalue weighted by Crippen LogP contribution is 2.56. The number of hydrogen-bond acceptors (Lipinski definition) is 3. The van der Waals surface area contributed by atoms with Gasteiger partial charge in [0, 0.05) is 21.6 Å². The fraction of sp³-hybridized carbons (Fsp3) is 0.286. The number of H-pyrrole nitrogens is 1. The van der Waals surface area contributed by atoms with Crippen molar-refractivity contribution in [1.29, 1.82) is 0 Å². The van der Waals surface area contributed by atoms with Crippen molar-refractivity contribution in [3.05, 3.63) is 35.5 Å². The number of aromatic carboxylic acids is 1. The lowest BCUT2D eigenvalue weighted by molar-refractivity contribution is 0.0691. The molecule has 1 atom stereocenters. The molecule has 1 heterocycles. The van der Waals surface area contributed by atoms with Crippen LogP contribution in [0.1, 0.15) is 41.6 Å². The minimum absolute atomic E-state index is 0.00222. The van der Waals surface area contributed by atoms with Gasteiger partial charge in [-0.3, -0.25) is 9.36 Å². The van der Waals surface area contributed by atoms with Crippen LogP contribution in [0.3, 0.4) is 0 Å². The Kier molecular flexibility index (Phi) is 3.56. The summed E-state index contributed by atoms with van der Waals surface area (Å²) >= 11 is 0. The predicted molar refractivity (Wildman–Crippen MR) is 79.2 cm³/mol. The van der Waals surface area contributed by atoms with Gasteiger partial charge in [-0.25, -0.2) is 4.79 Å². The SMILES string of the molecule is CC(C)(C)P(=O)(O)C(=O)c1ccc2[nH]c(C(=O)O)cc2c1. The second-order valence-electron chi connectivity index (χ2n) is 5.84. The summed E-state index contributed by atoms with van der Waals surface area (Å²) in [6, 6.07) is 5.75. The summed E-state index contributed by atoms with van der Waals surface area (Å²) < 4.78 is 12.3. The number of carbonyl (C=O) groups excluding carboxylic acids is 1. The molecule has 21 heavy (non-hydrogen) atoms. The van der Waals surface area contributed by atoms with Crippen LogP contribution in [-0.2, 0) is 4.57 Å². The van der Waals surface area contributed by atoms with Gasteiger partial charge in [-0.2, -0.15) is 0 Å². The van der Waals surface area contributed by atoms with Crippen molar-refractivity contribution in [2.24, 2.45) is 0 Å². The van der Waals surface area contributed by atoms with Gasteiger partial charge >= 0.3 is 5.97 Å². The number of rotatable bonds is 3. The molecule has 3 N–H and O–H groups in total. The first-order valence-electron chi connectivity index (χ1n) is 6.28. The van der Waals surface area contributed by atoms with Gasteiger partial charge in [-0.1, -0.05) is 20.8 Å². The first-order chi connectivity index (χ1) is 9.54. The third-order valence-corrected chi connectivity index (χ3v) is 5.91. The van der Waals surface area contributed by atoms with Crippen LogP contribution < -0.4 is 0 Å². The number of fused-ring (bicyclic) bond motifs is 1. The maximum absolute atomic E-state index is 12.3. The zero-order valence-corrected chi connectivity index (χ0v) is 12.8. The average Bonchev–Trinajstić information content (AvgIpc) is 2.79. The zero-order valence-electron chi connectivity index (χ0n) is 11.9. The number of carboxylic acid groups (broad SMARTS) is 1. The van der Waals surface area contributed by atoms with Crippen LogP contribution in [-0.4, -0.2) is 31.6 Å². The number of aromatic amines is 1. The number of carboxylic acids is 1. The number of hydrogen-bond donors (Lipinski definition) is 3. The van der Waals surface area contributed by atoms with E-state index in [1.165, 1.54) is 45.0 Å². The normalized spacial score (nSPS) is 14.9. The van der Waals surface area contributed by atoms with E-state index in [-0.39, 0.29) is 11.3 Å². The van der Waals surface area contributed by atoms with E-state index < -0.39 is 24.0 Å². The van der Waals surface area contributed by atoms with Crippen LogP contribution in [0.2, 0.25) is 0 Å². The third-order valence-electron chi connectivity index (χ3n) is 3.28. The lowest BCUT2D eigenvalue weighted by Gasteiger charge is -2.24. The van der Waals surface area contributed by atoms with Gasteiger partial charge in [0.25, 0.3) is 7.37 Å². The smallest absolute Gasteiger partial charge is 0.352 e. The first kappa shape index (κ1) is 15.5. The number of benzene rings is 1. The molecule has 1 aromatic carbocycles. The summed E-state index contributed by atoms with van der Waals surface area (Å²) in [7, 11) is -4.04. The molecule has 0 aliphatic heterocycles. The van der Waals surface area contributed by atoms with Gasteiger partial charge in [-0.05, 0) is 24.3 Å². The molecule has 1 aromatic heterocycles. The van der Waals surface area contributed by atoms with E-state index in [1.807, 2.05) is 0 Å².